The van der Waals surface area contributed by atoms with Gasteiger partial charge in [-0.1, -0.05) is 18.2 Å². The SMILES string of the molecule is O=C(Cc1ccc2c(c1)CCC2)N1CCCC(c2cnccn2)C1. The molecule has 2 aliphatic rings. The molecule has 124 valence electrons. The molecule has 4 nitrogen and oxygen atoms in total. The quantitative estimate of drug-likeness (QED) is 0.873. The van der Waals surface area contributed by atoms with E-state index in [-0.39, 0.29) is 5.91 Å². The van der Waals surface area contributed by atoms with Crippen LogP contribution in [-0.4, -0.2) is 33.9 Å². The van der Waals surface area contributed by atoms with Crippen LogP contribution in [0.4, 0.5) is 0 Å². The van der Waals surface area contributed by atoms with Crippen LogP contribution in [0.15, 0.2) is 36.8 Å². The average Bonchev–Trinajstić information content (AvgIpc) is 3.10. The monoisotopic (exact) mass is 321 g/mol. The van der Waals surface area contributed by atoms with Crippen molar-refractivity contribution >= 4 is 5.91 Å². The van der Waals surface area contributed by atoms with Gasteiger partial charge in [-0.15, -0.1) is 0 Å². The number of aryl methyl sites for hydroxylation is 2. The highest BCUT2D eigenvalue weighted by Crippen LogP contribution is 2.26. The standard InChI is InChI=1S/C20H23N3O/c24-20(12-15-6-7-16-3-1-4-17(16)11-15)23-10-2-5-18(14-23)19-13-21-8-9-22-19/h6-9,11,13,18H,1-5,10,12,14H2. The lowest BCUT2D eigenvalue weighted by Crippen LogP contribution is -2.40. The molecule has 1 atom stereocenters. The summed E-state index contributed by atoms with van der Waals surface area (Å²) in [5, 5.41) is 0. The van der Waals surface area contributed by atoms with E-state index in [4.69, 9.17) is 0 Å². The maximum Gasteiger partial charge on any atom is 0.227 e. The number of carbonyl (C=O) groups excluding carboxylic acids is 1. The van der Waals surface area contributed by atoms with E-state index in [9.17, 15) is 4.79 Å². The molecule has 0 spiro atoms. The number of piperidine rings is 1. The van der Waals surface area contributed by atoms with Crippen molar-refractivity contribution in [1.82, 2.24) is 14.9 Å². The van der Waals surface area contributed by atoms with Gasteiger partial charge in [-0.3, -0.25) is 14.8 Å². The topological polar surface area (TPSA) is 46.1 Å². The molecule has 0 radical (unpaired) electrons. The fraction of sp³-hybridized carbons (Fsp3) is 0.450. The second kappa shape index (κ2) is 6.71. The van der Waals surface area contributed by atoms with Crippen molar-refractivity contribution in [1.29, 1.82) is 0 Å². The first-order valence-electron chi connectivity index (χ1n) is 8.94. The molecule has 24 heavy (non-hydrogen) atoms. The van der Waals surface area contributed by atoms with Crippen molar-refractivity contribution in [3.63, 3.8) is 0 Å². The summed E-state index contributed by atoms with van der Waals surface area (Å²) in [6.45, 7) is 1.63. The summed E-state index contributed by atoms with van der Waals surface area (Å²) in [7, 11) is 0. The Morgan fingerprint density at radius 3 is 2.96 bits per heavy atom. The van der Waals surface area contributed by atoms with Crippen LogP contribution >= 0.6 is 0 Å². The van der Waals surface area contributed by atoms with Crippen LogP contribution in [0.1, 0.15) is 47.6 Å². The number of hydrogen-bond acceptors (Lipinski definition) is 3. The van der Waals surface area contributed by atoms with Gasteiger partial charge in [-0.25, -0.2) is 0 Å². The van der Waals surface area contributed by atoms with Gasteiger partial charge in [0.05, 0.1) is 12.1 Å². The van der Waals surface area contributed by atoms with Gasteiger partial charge in [0.1, 0.15) is 0 Å². The third kappa shape index (κ3) is 3.18. The van der Waals surface area contributed by atoms with E-state index in [0.29, 0.717) is 12.3 Å². The Hall–Kier alpha value is -2.23. The molecule has 4 rings (SSSR count). The van der Waals surface area contributed by atoms with Crippen molar-refractivity contribution in [3.8, 4) is 0 Å². The predicted octanol–water partition coefficient (Wildman–Crippen LogP) is 2.91. The molecule has 1 fully saturated rings. The molecule has 1 aliphatic carbocycles. The Labute approximate surface area is 142 Å². The third-order valence-corrected chi connectivity index (χ3v) is 5.29. The van der Waals surface area contributed by atoms with E-state index < -0.39 is 0 Å². The minimum absolute atomic E-state index is 0.238. The molecule has 2 heterocycles. The predicted molar refractivity (Wildman–Crippen MR) is 92.8 cm³/mol. The Morgan fingerprint density at radius 1 is 1.17 bits per heavy atom. The van der Waals surface area contributed by atoms with Crippen molar-refractivity contribution in [2.75, 3.05) is 13.1 Å². The van der Waals surface area contributed by atoms with E-state index in [2.05, 4.69) is 28.2 Å². The first-order chi connectivity index (χ1) is 11.8. The smallest absolute Gasteiger partial charge is 0.227 e. The highest BCUT2D eigenvalue weighted by molar-refractivity contribution is 5.79. The molecule has 4 heteroatoms. The number of amides is 1. The van der Waals surface area contributed by atoms with E-state index in [0.717, 1.165) is 43.6 Å². The Morgan fingerprint density at radius 2 is 2.08 bits per heavy atom. The Kier molecular flexibility index (Phi) is 4.28. The van der Waals surface area contributed by atoms with Gasteiger partial charge in [-0.2, -0.15) is 0 Å². The largest absolute Gasteiger partial charge is 0.342 e. The molecule has 1 amide bonds. The second-order valence-corrected chi connectivity index (χ2v) is 6.94. The lowest BCUT2D eigenvalue weighted by atomic mass is 9.94. The lowest BCUT2D eigenvalue weighted by molar-refractivity contribution is -0.131. The molecule has 1 aromatic heterocycles. The number of benzene rings is 1. The van der Waals surface area contributed by atoms with E-state index in [1.54, 1.807) is 12.4 Å². The van der Waals surface area contributed by atoms with Crippen LogP contribution in [0, 0.1) is 0 Å². The number of aromatic nitrogens is 2. The van der Waals surface area contributed by atoms with Gasteiger partial charge >= 0.3 is 0 Å². The summed E-state index contributed by atoms with van der Waals surface area (Å²) in [5.41, 5.74) is 5.07. The maximum atomic E-state index is 12.7. The van der Waals surface area contributed by atoms with E-state index in [1.807, 2.05) is 11.1 Å². The molecule has 0 bridgehead atoms. The molecule has 1 aromatic carbocycles. The molecule has 1 saturated heterocycles. The normalized spacial score (nSPS) is 20.0. The molecule has 0 N–H and O–H groups in total. The van der Waals surface area contributed by atoms with Gasteiger partial charge in [0.2, 0.25) is 5.91 Å². The molecule has 1 unspecified atom stereocenters. The number of nitrogens with zero attached hydrogens (tertiary/aromatic N) is 3. The summed E-state index contributed by atoms with van der Waals surface area (Å²) in [6.07, 6.45) is 11.5. The fourth-order valence-corrected chi connectivity index (χ4v) is 3.99. The zero-order valence-corrected chi connectivity index (χ0v) is 13.9. The van der Waals surface area contributed by atoms with Gasteiger partial charge in [0, 0.05) is 37.6 Å². The molecule has 0 saturated carbocycles. The maximum absolute atomic E-state index is 12.7. The minimum Gasteiger partial charge on any atom is -0.342 e. The minimum atomic E-state index is 0.238. The zero-order valence-electron chi connectivity index (χ0n) is 13.9. The molecular weight excluding hydrogens is 298 g/mol. The van der Waals surface area contributed by atoms with Crippen LogP contribution in [0.5, 0.6) is 0 Å². The van der Waals surface area contributed by atoms with Crippen LogP contribution in [0.3, 0.4) is 0 Å². The molecule has 1 aliphatic heterocycles. The van der Waals surface area contributed by atoms with Crippen LogP contribution in [0.25, 0.3) is 0 Å². The Bertz CT molecular complexity index is 729. The number of rotatable bonds is 3. The summed E-state index contributed by atoms with van der Waals surface area (Å²) in [4.78, 5) is 23.3. The first kappa shape index (κ1) is 15.3. The molecular formula is C20H23N3O. The van der Waals surface area contributed by atoms with Gasteiger partial charge in [0.25, 0.3) is 0 Å². The first-order valence-corrected chi connectivity index (χ1v) is 8.94. The van der Waals surface area contributed by atoms with Crippen molar-refractivity contribution in [2.45, 2.75) is 44.4 Å². The van der Waals surface area contributed by atoms with Gasteiger partial charge in [-0.05, 0) is 48.8 Å². The summed E-state index contributed by atoms with van der Waals surface area (Å²) < 4.78 is 0. The van der Waals surface area contributed by atoms with Crippen LogP contribution < -0.4 is 0 Å². The molecule has 2 aromatic rings. The van der Waals surface area contributed by atoms with Crippen LogP contribution in [0.2, 0.25) is 0 Å². The highest BCUT2D eigenvalue weighted by atomic mass is 16.2. The van der Waals surface area contributed by atoms with Gasteiger partial charge < -0.3 is 4.90 Å². The zero-order chi connectivity index (χ0) is 16.4. The van der Waals surface area contributed by atoms with E-state index in [1.165, 1.54) is 24.0 Å². The summed E-state index contributed by atoms with van der Waals surface area (Å²) in [5.74, 6) is 0.554. The summed E-state index contributed by atoms with van der Waals surface area (Å²) in [6, 6.07) is 6.58. The third-order valence-electron chi connectivity index (χ3n) is 5.29. The lowest BCUT2D eigenvalue weighted by Gasteiger charge is -2.32. The number of hydrogen-bond donors (Lipinski definition) is 0. The Balaban J connectivity index is 1.42. The number of fused-ring (bicyclic) bond motifs is 1. The second-order valence-electron chi connectivity index (χ2n) is 6.94. The fourth-order valence-electron chi connectivity index (χ4n) is 3.99. The van der Waals surface area contributed by atoms with Crippen LogP contribution in [-0.2, 0) is 24.1 Å². The highest BCUT2D eigenvalue weighted by Gasteiger charge is 2.25. The summed E-state index contributed by atoms with van der Waals surface area (Å²) >= 11 is 0. The van der Waals surface area contributed by atoms with Crippen molar-refractivity contribution in [3.05, 3.63) is 59.2 Å². The number of carbonyl (C=O) groups is 1. The van der Waals surface area contributed by atoms with E-state index >= 15 is 0 Å². The number of likely N-dealkylation sites (tertiary alicyclic amines) is 1. The van der Waals surface area contributed by atoms with Gasteiger partial charge in [0.15, 0.2) is 0 Å². The average molecular weight is 321 g/mol. The van der Waals surface area contributed by atoms with Crippen molar-refractivity contribution in [2.24, 2.45) is 0 Å². The van der Waals surface area contributed by atoms with Crippen molar-refractivity contribution < 1.29 is 4.79 Å².